The van der Waals surface area contributed by atoms with Gasteiger partial charge in [0.25, 0.3) is 11.5 Å². The first-order valence-corrected chi connectivity index (χ1v) is 8.56. The fraction of sp³-hybridized carbons (Fsp3) is 0.688. The third kappa shape index (κ3) is 3.69. The van der Waals surface area contributed by atoms with Crippen LogP contribution in [0.5, 0.6) is 0 Å². The number of ether oxygens (including phenoxy) is 1. The largest absolute Gasteiger partial charge is 0.383 e. The summed E-state index contributed by atoms with van der Waals surface area (Å²) in [5, 5.41) is 0. The summed E-state index contributed by atoms with van der Waals surface area (Å²) in [5.41, 5.74) is 4.96. The van der Waals surface area contributed by atoms with Crippen molar-refractivity contribution in [1.82, 2.24) is 9.55 Å². The standard InChI is InChI=1S/C16H26N4O4/c1-3-5-9-19(15(22)11-7-6-10-24-11)12-13(17)20(8-4-2)16(23)18-14(12)21/h11H,3-10,17H2,1-2H3,(H,18,21,23)/t11-/m0/s1. The lowest BCUT2D eigenvalue weighted by molar-refractivity contribution is -0.127. The minimum absolute atomic E-state index is 0.0352. The van der Waals surface area contributed by atoms with Gasteiger partial charge in [-0.2, -0.15) is 0 Å². The van der Waals surface area contributed by atoms with Crippen LogP contribution in [0.15, 0.2) is 9.59 Å². The third-order valence-electron chi connectivity index (χ3n) is 4.14. The molecule has 0 spiro atoms. The first-order valence-electron chi connectivity index (χ1n) is 8.56. The zero-order chi connectivity index (χ0) is 17.7. The number of unbranched alkanes of at least 4 members (excludes halogenated alkanes) is 1. The predicted molar refractivity (Wildman–Crippen MR) is 92.3 cm³/mol. The molecule has 0 aromatic carbocycles. The highest BCUT2D eigenvalue weighted by Gasteiger charge is 2.32. The molecule has 1 aliphatic heterocycles. The van der Waals surface area contributed by atoms with Crippen LogP contribution in [0.2, 0.25) is 0 Å². The Labute approximate surface area is 140 Å². The van der Waals surface area contributed by atoms with E-state index in [-0.39, 0.29) is 17.4 Å². The fourth-order valence-electron chi connectivity index (χ4n) is 2.88. The van der Waals surface area contributed by atoms with E-state index in [1.54, 1.807) is 0 Å². The topological polar surface area (TPSA) is 110 Å². The average molecular weight is 338 g/mol. The normalized spacial score (nSPS) is 17.2. The minimum Gasteiger partial charge on any atom is -0.383 e. The van der Waals surface area contributed by atoms with Crippen molar-refractivity contribution >= 4 is 17.4 Å². The molecule has 2 heterocycles. The van der Waals surface area contributed by atoms with E-state index in [1.165, 1.54) is 9.47 Å². The number of rotatable bonds is 7. The molecule has 2 rings (SSSR count). The van der Waals surface area contributed by atoms with Crippen molar-refractivity contribution in [2.75, 3.05) is 23.8 Å². The molecule has 24 heavy (non-hydrogen) atoms. The lowest BCUT2D eigenvalue weighted by Gasteiger charge is -2.26. The maximum atomic E-state index is 12.8. The molecule has 0 radical (unpaired) electrons. The molecule has 1 atom stereocenters. The number of amides is 1. The molecular formula is C16H26N4O4. The molecule has 0 bridgehead atoms. The number of carbonyl (C=O) groups excluding carboxylic acids is 1. The van der Waals surface area contributed by atoms with Crippen LogP contribution in [0.25, 0.3) is 0 Å². The predicted octanol–water partition coefficient (Wildman–Crippen LogP) is 0.841. The van der Waals surface area contributed by atoms with E-state index in [0.29, 0.717) is 32.5 Å². The highest BCUT2D eigenvalue weighted by molar-refractivity contribution is 5.98. The molecular weight excluding hydrogens is 312 g/mol. The number of carbonyl (C=O) groups is 1. The van der Waals surface area contributed by atoms with Crippen molar-refractivity contribution in [3.05, 3.63) is 20.8 Å². The number of nitrogens with one attached hydrogen (secondary N) is 1. The molecule has 0 unspecified atom stereocenters. The van der Waals surface area contributed by atoms with Gasteiger partial charge in [0.1, 0.15) is 11.9 Å². The Kier molecular flexibility index (Phi) is 6.19. The molecule has 0 aliphatic carbocycles. The summed E-state index contributed by atoms with van der Waals surface area (Å²) in [6.45, 7) is 5.19. The van der Waals surface area contributed by atoms with Crippen LogP contribution in [0, 0.1) is 0 Å². The second kappa shape index (κ2) is 8.14. The zero-order valence-electron chi connectivity index (χ0n) is 14.3. The summed E-state index contributed by atoms with van der Waals surface area (Å²) in [7, 11) is 0. The van der Waals surface area contributed by atoms with E-state index in [1.807, 2.05) is 13.8 Å². The van der Waals surface area contributed by atoms with Crippen molar-refractivity contribution < 1.29 is 9.53 Å². The van der Waals surface area contributed by atoms with Crippen LogP contribution in [-0.4, -0.2) is 34.7 Å². The molecule has 0 saturated carbocycles. The van der Waals surface area contributed by atoms with Gasteiger partial charge in [0.15, 0.2) is 5.69 Å². The van der Waals surface area contributed by atoms with E-state index < -0.39 is 17.4 Å². The van der Waals surface area contributed by atoms with Gasteiger partial charge in [0.05, 0.1) is 0 Å². The van der Waals surface area contributed by atoms with Gasteiger partial charge in [-0.1, -0.05) is 20.3 Å². The Morgan fingerprint density at radius 3 is 2.71 bits per heavy atom. The van der Waals surface area contributed by atoms with Gasteiger partial charge in [-0.25, -0.2) is 4.79 Å². The molecule has 1 saturated heterocycles. The average Bonchev–Trinajstić information content (AvgIpc) is 3.08. The summed E-state index contributed by atoms with van der Waals surface area (Å²) in [5.74, 6) is -0.229. The number of nitrogen functional groups attached to an aromatic ring is 1. The quantitative estimate of drug-likeness (QED) is 0.765. The molecule has 1 aromatic rings. The fourth-order valence-corrected chi connectivity index (χ4v) is 2.88. The summed E-state index contributed by atoms with van der Waals surface area (Å²) >= 11 is 0. The molecule has 3 N–H and O–H groups in total. The van der Waals surface area contributed by atoms with Gasteiger partial charge in [0, 0.05) is 19.7 Å². The smallest absolute Gasteiger partial charge is 0.330 e. The number of hydrogen-bond donors (Lipinski definition) is 2. The van der Waals surface area contributed by atoms with Crippen molar-refractivity contribution in [3.8, 4) is 0 Å². The van der Waals surface area contributed by atoms with Crippen LogP contribution in [0.1, 0.15) is 46.0 Å². The molecule has 8 heteroatoms. The lowest BCUT2D eigenvalue weighted by atomic mass is 10.2. The maximum Gasteiger partial charge on any atom is 0.330 e. The SMILES string of the molecule is CCCCN(C(=O)[C@@H]1CCCO1)c1c(N)n(CCC)c(=O)[nH]c1=O. The number of nitrogens with zero attached hydrogens (tertiary/aromatic N) is 2. The summed E-state index contributed by atoms with van der Waals surface area (Å²) in [4.78, 5) is 40.8. The summed E-state index contributed by atoms with van der Waals surface area (Å²) < 4.78 is 6.77. The van der Waals surface area contributed by atoms with Crippen LogP contribution < -0.4 is 21.9 Å². The number of aromatic amines is 1. The highest BCUT2D eigenvalue weighted by atomic mass is 16.5. The van der Waals surface area contributed by atoms with Crippen LogP contribution >= 0.6 is 0 Å². The van der Waals surface area contributed by atoms with Crippen LogP contribution in [0.3, 0.4) is 0 Å². The van der Waals surface area contributed by atoms with Crippen molar-refractivity contribution in [2.24, 2.45) is 0 Å². The van der Waals surface area contributed by atoms with Gasteiger partial charge in [-0.15, -0.1) is 0 Å². The number of hydrogen-bond acceptors (Lipinski definition) is 5. The monoisotopic (exact) mass is 338 g/mol. The maximum absolute atomic E-state index is 12.8. The second-order valence-corrected chi connectivity index (χ2v) is 5.99. The molecule has 1 aromatic heterocycles. The Morgan fingerprint density at radius 1 is 1.38 bits per heavy atom. The summed E-state index contributed by atoms with van der Waals surface area (Å²) in [6, 6.07) is 0. The molecule has 1 fully saturated rings. The Morgan fingerprint density at radius 2 is 2.12 bits per heavy atom. The van der Waals surface area contributed by atoms with E-state index in [4.69, 9.17) is 10.5 Å². The molecule has 134 valence electrons. The van der Waals surface area contributed by atoms with E-state index >= 15 is 0 Å². The number of aromatic nitrogens is 2. The number of anilines is 2. The Hall–Kier alpha value is -2.09. The molecule has 1 amide bonds. The van der Waals surface area contributed by atoms with Gasteiger partial charge in [0.2, 0.25) is 0 Å². The van der Waals surface area contributed by atoms with Gasteiger partial charge in [-0.05, 0) is 25.7 Å². The lowest BCUT2D eigenvalue weighted by Crippen LogP contribution is -2.45. The van der Waals surface area contributed by atoms with Gasteiger partial charge >= 0.3 is 5.69 Å². The number of H-pyrrole nitrogens is 1. The molecule has 1 aliphatic rings. The van der Waals surface area contributed by atoms with Crippen LogP contribution in [-0.2, 0) is 16.1 Å². The van der Waals surface area contributed by atoms with Gasteiger partial charge in [-0.3, -0.25) is 19.1 Å². The first-order chi connectivity index (χ1) is 11.5. The molecule has 8 nitrogen and oxygen atoms in total. The van der Waals surface area contributed by atoms with Crippen molar-refractivity contribution in [2.45, 2.75) is 58.6 Å². The van der Waals surface area contributed by atoms with Crippen LogP contribution in [0.4, 0.5) is 11.5 Å². The van der Waals surface area contributed by atoms with Gasteiger partial charge < -0.3 is 15.4 Å². The highest BCUT2D eigenvalue weighted by Crippen LogP contribution is 2.22. The minimum atomic E-state index is -0.632. The second-order valence-electron chi connectivity index (χ2n) is 5.99. The first kappa shape index (κ1) is 18.3. The van der Waals surface area contributed by atoms with Crippen molar-refractivity contribution in [3.63, 3.8) is 0 Å². The van der Waals surface area contributed by atoms with E-state index in [9.17, 15) is 14.4 Å². The van der Waals surface area contributed by atoms with Crippen molar-refractivity contribution in [1.29, 1.82) is 0 Å². The van der Waals surface area contributed by atoms with E-state index in [2.05, 4.69) is 4.98 Å². The number of nitrogens with two attached hydrogens (primary N) is 1. The summed E-state index contributed by atoms with van der Waals surface area (Å²) in [6.07, 6.45) is 3.18. The zero-order valence-corrected chi connectivity index (χ0v) is 14.3. The Bertz CT molecular complexity index is 688. The third-order valence-corrected chi connectivity index (χ3v) is 4.14. The van der Waals surface area contributed by atoms with E-state index in [0.717, 1.165) is 19.3 Å². The Balaban J connectivity index is 2.48.